The highest BCUT2D eigenvalue weighted by Crippen LogP contribution is 2.48. The van der Waals surface area contributed by atoms with E-state index in [9.17, 15) is 9.59 Å². The summed E-state index contributed by atoms with van der Waals surface area (Å²) in [5.41, 5.74) is 6.69. The zero-order valence-corrected chi connectivity index (χ0v) is 16.0. The summed E-state index contributed by atoms with van der Waals surface area (Å²) < 4.78 is 5.91. The van der Waals surface area contributed by atoms with Gasteiger partial charge >= 0.3 is 6.09 Å². The van der Waals surface area contributed by atoms with Crippen LogP contribution >= 0.6 is 15.9 Å². The van der Waals surface area contributed by atoms with Crippen LogP contribution in [0.25, 0.3) is 11.0 Å². The predicted molar refractivity (Wildman–Crippen MR) is 97.5 cm³/mol. The van der Waals surface area contributed by atoms with Gasteiger partial charge in [-0.2, -0.15) is 0 Å². The van der Waals surface area contributed by atoms with Gasteiger partial charge in [-0.05, 0) is 55.6 Å². The standard InChI is InChI=1S/C17H21BrN4O3/c1-16(2,3)25-15(24)21-8-17(4-5-17)11-6-9-12(18)10(13(19)23)7-20-14(9)22-11/h6-7H,4-5,8H2,1-3H3,(H2,19,23)(H,20,22)(H,21,24). The van der Waals surface area contributed by atoms with Crippen molar-refractivity contribution in [1.29, 1.82) is 0 Å². The van der Waals surface area contributed by atoms with Crippen LogP contribution in [0, 0.1) is 0 Å². The van der Waals surface area contributed by atoms with E-state index in [2.05, 4.69) is 31.2 Å². The lowest BCUT2D eigenvalue weighted by atomic mass is 10.0. The molecule has 1 saturated carbocycles. The molecule has 0 unspecified atom stereocenters. The highest BCUT2D eigenvalue weighted by Gasteiger charge is 2.46. The van der Waals surface area contributed by atoms with Crippen LogP contribution in [0.2, 0.25) is 0 Å². The Balaban J connectivity index is 1.80. The monoisotopic (exact) mass is 408 g/mol. The molecule has 0 saturated heterocycles. The van der Waals surface area contributed by atoms with Crippen molar-refractivity contribution in [3.05, 3.63) is 28.0 Å². The second-order valence-corrected chi connectivity index (χ2v) is 8.22. The number of carbonyl (C=O) groups excluding carboxylic acids is 2. The van der Waals surface area contributed by atoms with Crippen LogP contribution in [0.1, 0.15) is 49.7 Å². The van der Waals surface area contributed by atoms with Gasteiger partial charge in [-0.1, -0.05) is 0 Å². The third kappa shape index (κ3) is 3.63. The van der Waals surface area contributed by atoms with Crippen LogP contribution in [0.3, 0.4) is 0 Å². The molecule has 8 heteroatoms. The largest absolute Gasteiger partial charge is 0.444 e. The van der Waals surface area contributed by atoms with E-state index in [0.29, 0.717) is 22.2 Å². The molecule has 2 amide bonds. The highest BCUT2D eigenvalue weighted by molar-refractivity contribution is 9.10. The van der Waals surface area contributed by atoms with Gasteiger partial charge in [-0.25, -0.2) is 9.78 Å². The molecule has 1 aliphatic carbocycles. The van der Waals surface area contributed by atoms with E-state index in [-0.39, 0.29) is 5.41 Å². The summed E-state index contributed by atoms with van der Waals surface area (Å²) in [7, 11) is 0. The molecule has 0 atom stereocenters. The van der Waals surface area contributed by atoms with Crippen molar-refractivity contribution in [3.8, 4) is 0 Å². The molecule has 2 heterocycles. The molecule has 7 nitrogen and oxygen atoms in total. The Morgan fingerprint density at radius 1 is 1.44 bits per heavy atom. The Kier molecular flexibility index (Phi) is 4.26. The van der Waals surface area contributed by atoms with Gasteiger partial charge in [0.2, 0.25) is 0 Å². The van der Waals surface area contributed by atoms with Crippen molar-refractivity contribution >= 4 is 39.0 Å². The summed E-state index contributed by atoms with van der Waals surface area (Å²) >= 11 is 3.43. The number of halogens is 1. The molecule has 25 heavy (non-hydrogen) atoms. The maximum atomic E-state index is 11.9. The second-order valence-electron chi connectivity index (χ2n) is 7.43. The van der Waals surface area contributed by atoms with E-state index in [1.165, 1.54) is 6.20 Å². The van der Waals surface area contributed by atoms with Crippen LogP contribution < -0.4 is 11.1 Å². The number of aromatic amines is 1. The smallest absolute Gasteiger partial charge is 0.407 e. The summed E-state index contributed by atoms with van der Waals surface area (Å²) in [5, 5.41) is 3.64. The Hall–Kier alpha value is -2.09. The first kappa shape index (κ1) is 17.7. The number of fused-ring (bicyclic) bond motifs is 1. The minimum absolute atomic E-state index is 0.149. The summed E-state index contributed by atoms with van der Waals surface area (Å²) in [6, 6.07) is 1.96. The molecular formula is C17H21BrN4O3. The average Bonchev–Trinajstić information content (AvgIpc) is 3.15. The SMILES string of the molecule is CC(C)(C)OC(=O)NCC1(c2cc3c(Br)c(C(N)=O)cnc3[nH]2)CC1. The van der Waals surface area contributed by atoms with Gasteiger partial charge in [0.1, 0.15) is 11.2 Å². The normalized spacial score (nSPS) is 15.8. The van der Waals surface area contributed by atoms with Gasteiger partial charge in [-0.15, -0.1) is 0 Å². The number of rotatable bonds is 4. The molecule has 0 spiro atoms. The van der Waals surface area contributed by atoms with E-state index < -0.39 is 17.6 Å². The molecule has 1 fully saturated rings. The summed E-state index contributed by atoms with van der Waals surface area (Å²) in [5.74, 6) is -0.531. The number of hydrogen-bond acceptors (Lipinski definition) is 4. The fourth-order valence-corrected chi connectivity index (χ4v) is 3.35. The number of pyridine rings is 1. The molecular weight excluding hydrogens is 388 g/mol. The number of nitrogens with two attached hydrogens (primary N) is 1. The van der Waals surface area contributed by atoms with Crippen LogP contribution in [0.5, 0.6) is 0 Å². The van der Waals surface area contributed by atoms with Crippen LogP contribution in [0.4, 0.5) is 4.79 Å². The van der Waals surface area contributed by atoms with Gasteiger partial charge in [0.05, 0.1) is 5.56 Å². The molecule has 0 radical (unpaired) electrons. The topological polar surface area (TPSA) is 110 Å². The summed E-state index contributed by atoms with van der Waals surface area (Å²) in [6.45, 7) is 5.97. The molecule has 4 N–H and O–H groups in total. The number of ether oxygens (including phenoxy) is 1. The summed E-state index contributed by atoms with van der Waals surface area (Å²) in [4.78, 5) is 30.9. The van der Waals surface area contributed by atoms with Crippen LogP contribution in [-0.2, 0) is 10.2 Å². The zero-order valence-electron chi connectivity index (χ0n) is 14.4. The Labute approximate surface area is 153 Å². The number of alkyl carbamates (subject to hydrolysis) is 1. The van der Waals surface area contributed by atoms with Crippen molar-refractivity contribution in [3.63, 3.8) is 0 Å². The van der Waals surface area contributed by atoms with Gasteiger partial charge in [0, 0.05) is 33.7 Å². The van der Waals surface area contributed by atoms with E-state index in [1.54, 1.807) is 0 Å². The second kappa shape index (κ2) is 6.01. The number of aromatic nitrogens is 2. The minimum atomic E-state index is -0.531. The maximum Gasteiger partial charge on any atom is 0.407 e. The first-order valence-electron chi connectivity index (χ1n) is 8.06. The van der Waals surface area contributed by atoms with E-state index >= 15 is 0 Å². The lowest BCUT2D eigenvalue weighted by Crippen LogP contribution is -2.37. The van der Waals surface area contributed by atoms with Crippen molar-refractivity contribution in [1.82, 2.24) is 15.3 Å². The highest BCUT2D eigenvalue weighted by atomic mass is 79.9. The lowest BCUT2D eigenvalue weighted by Gasteiger charge is -2.21. The maximum absolute atomic E-state index is 11.9. The number of primary amides is 1. The Morgan fingerprint density at radius 2 is 2.12 bits per heavy atom. The van der Waals surface area contributed by atoms with E-state index in [0.717, 1.165) is 23.9 Å². The number of carbonyl (C=O) groups is 2. The van der Waals surface area contributed by atoms with Crippen molar-refractivity contribution in [2.24, 2.45) is 5.73 Å². The minimum Gasteiger partial charge on any atom is -0.444 e. The van der Waals surface area contributed by atoms with E-state index in [4.69, 9.17) is 10.5 Å². The lowest BCUT2D eigenvalue weighted by molar-refractivity contribution is 0.0522. The van der Waals surface area contributed by atoms with Crippen LogP contribution in [-0.4, -0.2) is 34.1 Å². The van der Waals surface area contributed by atoms with Crippen LogP contribution in [0.15, 0.2) is 16.7 Å². The van der Waals surface area contributed by atoms with Gasteiger partial charge < -0.3 is 20.8 Å². The third-order valence-electron chi connectivity index (χ3n) is 4.25. The fraction of sp³-hybridized carbons (Fsp3) is 0.471. The third-order valence-corrected chi connectivity index (χ3v) is 5.11. The zero-order chi connectivity index (χ0) is 18.4. The van der Waals surface area contributed by atoms with Gasteiger partial charge in [0.15, 0.2) is 0 Å². The molecule has 1 aliphatic rings. The molecule has 0 bridgehead atoms. The molecule has 0 aliphatic heterocycles. The van der Waals surface area contributed by atoms with Gasteiger partial charge in [0.25, 0.3) is 5.91 Å². The average molecular weight is 409 g/mol. The van der Waals surface area contributed by atoms with Crippen molar-refractivity contribution in [2.75, 3.05) is 6.54 Å². The number of amides is 2. The first-order chi connectivity index (χ1) is 11.6. The number of H-pyrrole nitrogens is 1. The quantitative estimate of drug-likeness (QED) is 0.721. The molecule has 2 aromatic heterocycles. The Morgan fingerprint density at radius 3 is 2.68 bits per heavy atom. The molecule has 3 rings (SSSR count). The predicted octanol–water partition coefficient (Wildman–Crippen LogP) is 2.98. The number of nitrogens with one attached hydrogen (secondary N) is 2. The van der Waals surface area contributed by atoms with E-state index in [1.807, 2.05) is 26.8 Å². The summed E-state index contributed by atoms with van der Waals surface area (Å²) in [6.07, 6.45) is 2.93. The molecule has 134 valence electrons. The molecule has 2 aromatic rings. The van der Waals surface area contributed by atoms with Gasteiger partial charge in [-0.3, -0.25) is 4.79 Å². The molecule has 0 aromatic carbocycles. The number of nitrogens with zero attached hydrogens (tertiary/aromatic N) is 1. The van der Waals surface area contributed by atoms with Crippen molar-refractivity contribution in [2.45, 2.75) is 44.6 Å². The number of hydrogen-bond donors (Lipinski definition) is 3. The fourth-order valence-electron chi connectivity index (χ4n) is 2.75. The van der Waals surface area contributed by atoms with Crippen molar-refractivity contribution < 1.29 is 14.3 Å². The first-order valence-corrected chi connectivity index (χ1v) is 8.85. The Bertz CT molecular complexity index is 849.